The molecule has 29 heavy (non-hydrogen) atoms. The van der Waals surface area contributed by atoms with E-state index in [0.29, 0.717) is 18.7 Å². The number of rotatable bonds is 8. The first-order valence-electron chi connectivity index (χ1n) is 8.55. The maximum Gasteiger partial charge on any atom is 0.387 e. The molecule has 0 spiro atoms. The standard InChI is InChI=1S/C19H16F2N4O4/c20-19(21)29-16-7-1-13(2-8-16)9-11-22-18(26)17-10-12-24(23-17)14-3-5-15(6-4-14)25(27)28/h1-8,10,12,19H,9,11H2,(H,22,26). The van der Waals surface area contributed by atoms with Crippen molar-refractivity contribution in [3.05, 3.63) is 82.2 Å². The zero-order valence-electron chi connectivity index (χ0n) is 15.0. The van der Waals surface area contributed by atoms with Crippen LogP contribution in [0.3, 0.4) is 0 Å². The number of amides is 1. The van der Waals surface area contributed by atoms with Crippen molar-refractivity contribution >= 4 is 11.6 Å². The molecule has 0 saturated carbocycles. The third-order valence-electron chi connectivity index (χ3n) is 3.99. The van der Waals surface area contributed by atoms with Gasteiger partial charge >= 0.3 is 6.61 Å². The van der Waals surface area contributed by atoms with E-state index in [2.05, 4.69) is 15.2 Å². The maximum atomic E-state index is 12.2. The molecule has 0 aliphatic heterocycles. The van der Waals surface area contributed by atoms with Gasteiger partial charge in [0.1, 0.15) is 5.75 Å². The summed E-state index contributed by atoms with van der Waals surface area (Å²) in [6.45, 7) is -2.54. The van der Waals surface area contributed by atoms with Crippen LogP contribution in [-0.4, -0.2) is 33.8 Å². The van der Waals surface area contributed by atoms with Gasteiger partial charge in [-0.25, -0.2) is 4.68 Å². The third-order valence-corrected chi connectivity index (χ3v) is 3.99. The van der Waals surface area contributed by atoms with Crippen LogP contribution in [0.4, 0.5) is 14.5 Å². The molecule has 1 aromatic heterocycles. The summed E-state index contributed by atoms with van der Waals surface area (Å²) in [7, 11) is 0. The normalized spacial score (nSPS) is 10.7. The van der Waals surface area contributed by atoms with Crippen molar-refractivity contribution < 1.29 is 23.2 Å². The Hall–Kier alpha value is -3.82. The summed E-state index contributed by atoms with van der Waals surface area (Å²) in [5.74, 6) is -0.298. The van der Waals surface area contributed by atoms with Crippen LogP contribution in [0.2, 0.25) is 0 Å². The smallest absolute Gasteiger partial charge is 0.387 e. The molecule has 150 valence electrons. The van der Waals surface area contributed by atoms with Gasteiger partial charge in [-0.2, -0.15) is 13.9 Å². The topological polar surface area (TPSA) is 99.3 Å². The Balaban J connectivity index is 1.53. The van der Waals surface area contributed by atoms with Gasteiger partial charge in [-0.05, 0) is 42.3 Å². The molecule has 0 radical (unpaired) electrons. The zero-order valence-corrected chi connectivity index (χ0v) is 15.0. The van der Waals surface area contributed by atoms with Gasteiger partial charge < -0.3 is 10.1 Å². The van der Waals surface area contributed by atoms with Gasteiger partial charge in [0.2, 0.25) is 0 Å². The predicted molar refractivity (Wildman–Crippen MR) is 99.3 cm³/mol. The van der Waals surface area contributed by atoms with Gasteiger partial charge in [-0.1, -0.05) is 12.1 Å². The second-order valence-electron chi connectivity index (χ2n) is 5.95. The van der Waals surface area contributed by atoms with E-state index in [1.54, 1.807) is 18.3 Å². The van der Waals surface area contributed by atoms with E-state index in [1.807, 2.05) is 0 Å². The fourth-order valence-corrected chi connectivity index (χ4v) is 2.56. The summed E-state index contributed by atoms with van der Waals surface area (Å²) >= 11 is 0. The highest BCUT2D eigenvalue weighted by atomic mass is 19.3. The molecule has 0 aliphatic carbocycles. The molecule has 0 atom stereocenters. The fourth-order valence-electron chi connectivity index (χ4n) is 2.56. The second kappa shape index (κ2) is 8.91. The summed E-state index contributed by atoms with van der Waals surface area (Å²) in [6, 6.07) is 13.5. The molecule has 0 aliphatic rings. The average molecular weight is 402 g/mol. The zero-order chi connectivity index (χ0) is 20.8. The van der Waals surface area contributed by atoms with Gasteiger partial charge in [-0.3, -0.25) is 14.9 Å². The molecular formula is C19H16F2N4O4. The monoisotopic (exact) mass is 402 g/mol. The van der Waals surface area contributed by atoms with Gasteiger partial charge in [0.15, 0.2) is 5.69 Å². The number of carbonyl (C=O) groups excluding carboxylic acids is 1. The molecule has 8 nitrogen and oxygen atoms in total. The molecule has 0 saturated heterocycles. The molecule has 0 bridgehead atoms. The van der Waals surface area contributed by atoms with Gasteiger partial charge in [0.05, 0.1) is 10.6 Å². The highest BCUT2D eigenvalue weighted by molar-refractivity contribution is 5.92. The Labute approximate surface area is 163 Å². The van der Waals surface area contributed by atoms with Crippen molar-refractivity contribution in [3.63, 3.8) is 0 Å². The van der Waals surface area contributed by atoms with Crippen molar-refractivity contribution in [2.75, 3.05) is 6.54 Å². The lowest BCUT2D eigenvalue weighted by molar-refractivity contribution is -0.384. The Morgan fingerprint density at radius 1 is 1.14 bits per heavy atom. The molecule has 1 N–H and O–H groups in total. The van der Waals surface area contributed by atoms with E-state index in [-0.39, 0.29) is 23.0 Å². The number of nitrogens with zero attached hydrogens (tertiary/aromatic N) is 3. The minimum Gasteiger partial charge on any atom is -0.435 e. The Kier molecular flexibility index (Phi) is 6.12. The Morgan fingerprint density at radius 2 is 1.83 bits per heavy atom. The largest absolute Gasteiger partial charge is 0.435 e. The number of carbonyl (C=O) groups is 1. The van der Waals surface area contributed by atoms with Crippen LogP contribution < -0.4 is 10.1 Å². The summed E-state index contributed by atoms with van der Waals surface area (Å²) in [5, 5.41) is 17.6. The molecule has 2 aromatic carbocycles. The maximum absolute atomic E-state index is 12.2. The number of nitrogens with one attached hydrogen (secondary N) is 1. The Bertz CT molecular complexity index is 988. The van der Waals surface area contributed by atoms with Crippen LogP contribution in [-0.2, 0) is 6.42 Å². The number of halogens is 2. The minimum absolute atomic E-state index is 0.0346. The van der Waals surface area contributed by atoms with Crippen LogP contribution in [0, 0.1) is 10.1 Å². The van der Waals surface area contributed by atoms with Crippen molar-refractivity contribution in [1.29, 1.82) is 0 Å². The molecule has 10 heteroatoms. The van der Waals surface area contributed by atoms with Gasteiger partial charge in [-0.15, -0.1) is 0 Å². The number of alkyl halides is 2. The molecule has 3 rings (SSSR count). The summed E-state index contributed by atoms with van der Waals surface area (Å²) in [5.41, 5.74) is 1.60. The Morgan fingerprint density at radius 3 is 2.45 bits per heavy atom. The lowest BCUT2D eigenvalue weighted by Crippen LogP contribution is -2.26. The van der Waals surface area contributed by atoms with E-state index in [0.717, 1.165) is 5.56 Å². The summed E-state index contributed by atoms with van der Waals surface area (Å²) in [6.07, 6.45) is 2.08. The first-order valence-corrected chi connectivity index (χ1v) is 8.55. The lowest BCUT2D eigenvalue weighted by atomic mass is 10.1. The molecular weight excluding hydrogens is 386 g/mol. The highest BCUT2D eigenvalue weighted by Gasteiger charge is 2.11. The molecule has 1 heterocycles. The first-order chi connectivity index (χ1) is 13.9. The van der Waals surface area contributed by atoms with Gasteiger partial charge in [0.25, 0.3) is 11.6 Å². The number of ether oxygens (including phenoxy) is 1. The van der Waals surface area contributed by atoms with E-state index in [1.165, 1.54) is 47.1 Å². The van der Waals surface area contributed by atoms with Gasteiger partial charge in [0, 0.05) is 24.9 Å². The summed E-state index contributed by atoms with van der Waals surface area (Å²) < 4.78 is 30.0. The van der Waals surface area contributed by atoms with E-state index >= 15 is 0 Å². The summed E-state index contributed by atoms with van der Waals surface area (Å²) in [4.78, 5) is 22.4. The average Bonchev–Trinajstić information content (AvgIpc) is 3.19. The van der Waals surface area contributed by atoms with E-state index in [9.17, 15) is 23.7 Å². The molecule has 0 unspecified atom stereocenters. The lowest BCUT2D eigenvalue weighted by Gasteiger charge is -2.06. The highest BCUT2D eigenvalue weighted by Crippen LogP contribution is 2.16. The van der Waals surface area contributed by atoms with Crippen molar-refractivity contribution in [2.24, 2.45) is 0 Å². The van der Waals surface area contributed by atoms with Crippen molar-refractivity contribution in [3.8, 4) is 11.4 Å². The van der Waals surface area contributed by atoms with E-state index < -0.39 is 11.5 Å². The third kappa shape index (κ3) is 5.34. The number of non-ortho nitro benzene ring substituents is 1. The second-order valence-corrected chi connectivity index (χ2v) is 5.95. The number of hydrogen-bond donors (Lipinski definition) is 1. The van der Waals surface area contributed by atoms with Crippen molar-refractivity contribution in [1.82, 2.24) is 15.1 Å². The predicted octanol–water partition coefficient (Wildman–Crippen LogP) is 3.35. The van der Waals surface area contributed by atoms with Crippen LogP contribution in [0.15, 0.2) is 60.8 Å². The molecule has 0 fully saturated rings. The van der Waals surface area contributed by atoms with Crippen LogP contribution in [0.5, 0.6) is 5.75 Å². The molecule has 1 amide bonds. The number of aromatic nitrogens is 2. The number of nitro benzene ring substituents is 1. The molecule has 3 aromatic rings. The number of benzene rings is 2. The van der Waals surface area contributed by atoms with Crippen LogP contribution in [0.25, 0.3) is 5.69 Å². The van der Waals surface area contributed by atoms with Crippen LogP contribution >= 0.6 is 0 Å². The number of hydrogen-bond acceptors (Lipinski definition) is 5. The first kappa shape index (κ1) is 19.9. The van der Waals surface area contributed by atoms with Crippen LogP contribution in [0.1, 0.15) is 16.1 Å². The van der Waals surface area contributed by atoms with E-state index in [4.69, 9.17) is 0 Å². The SMILES string of the molecule is O=C(NCCc1ccc(OC(F)F)cc1)c1ccn(-c2ccc([N+](=O)[O-])cc2)n1. The number of nitro groups is 1. The quantitative estimate of drug-likeness (QED) is 0.460. The fraction of sp³-hybridized carbons (Fsp3) is 0.158. The van der Waals surface area contributed by atoms with Crippen molar-refractivity contribution in [2.45, 2.75) is 13.0 Å². The minimum atomic E-state index is -2.87.